The topological polar surface area (TPSA) is 61.0 Å². The van der Waals surface area contributed by atoms with Crippen molar-refractivity contribution in [2.45, 2.75) is 6.92 Å². The molecule has 0 spiro atoms. The van der Waals surface area contributed by atoms with Gasteiger partial charge in [0, 0.05) is 0 Å². The molecule has 21 heavy (non-hydrogen) atoms. The summed E-state index contributed by atoms with van der Waals surface area (Å²) in [6.07, 6.45) is 0. The van der Waals surface area contributed by atoms with Gasteiger partial charge in [0.25, 0.3) is 0 Å². The molecule has 0 amide bonds. The van der Waals surface area contributed by atoms with Gasteiger partial charge in [0.05, 0.1) is 10.2 Å². The largest absolute Gasteiger partial charge is 0.436 e. The lowest BCUT2D eigenvalue weighted by Gasteiger charge is -2.12. The molecule has 1 heterocycles. The van der Waals surface area contributed by atoms with Crippen molar-refractivity contribution < 1.29 is 4.74 Å². The number of nitrogens with two attached hydrogens (primary N) is 1. The summed E-state index contributed by atoms with van der Waals surface area (Å²) in [5, 5.41) is 2.26. The van der Waals surface area contributed by atoms with Crippen LogP contribution in [-0.2, 0) is 0 Å². The zero-order chi connectivity index (χ0) is 15.0. The molecule has 3 aromatic rings. The number of fused-ring (bicyclic) bond motifs is 1. The Kier molecular flexibility index (Phi) is 3.69. The molecule has 6 heteroatoms. The average molecular weight is 365 g/mol. The number of benzene rings is 2. The van der Waals surface area contributed by atoms with Crippen LogP contribution in [0.4, 0.5) is 5.69 Å². The van der Waals surface area contributed by atoms with E-state index in [1.54, 1.807) is 6.92 Å². The molecule has 0 saturated heterocycles. The van der Waals surface area contributed by atoms with Gasteiger partial charge in [-0.05, 0) is 51.3 Å². The van der Waals surface area contributed by atoms with Crippen molar-refractivity contribution in [1.82, 2.24) is 9.97 Å². The van der Waals surface area contributed by atoms with Gasteiger partial charge in [-0.2, -0.15) is 4.98 Å². The van der Waals surface area contributed by atoms with Crippen molar-refractivity contribution in [2.75, 3.05) is 5.73 Å². The van der Waals surface area contributed by atoms with E-state index in [1.807, 2.05) is 36.4 Å². The number of halogens is 2. The summed E-state index contributed by atoms with van der Waals surface area (Å²) >= 11 is 9.41. The zero-order valence-corrected chi connectivity index (χ0v) is 13.4. The minimum absolute atomic E-state index is 0.105. The minimum Gasteiger partial charge on any atom is -0.436 e. The zero-order valence-electron chi connectivity index (χ0n) is 11.1. The highest BCUT2D eigenvalue weighted by molar-refractivity contribution is 9.10. The van der Waals surface area contributed by atoms with Crippen molar-refractivity contribution in [3.63, 3.8) is 0 Å². The highest BCUT2D eigenvalue weighted by atomic mass is 79.9. The highest BCUT2D eigenvalue weighted by Crippen LogP contribution is 2.37. The van der Waals surface area contributed by atoms with Crippen LogP contribution < -0.4 is 10.5 Å². The molecule has 0 bridgehead atoms. The number of aryl methyl sites for hydroxylation is 1. The summed E-state index contributed by atoms with van der Waals surface area (Å²) in [6.45, 7) is 1.76. The summed E-state index contributed by atoms with van der Waals surface area (Å²) in [4.78, 5) is 8.02. The first-order valence-corrected chi connectivity index (χ1v) is 7.38. The van der Waals surface area contributed by atoms with Crippen LogP contribution in [0.25, 0.3) is 10.8 Å². The number of ether oxygens (including phenoxy) is 1. The van der Waals surface area contributed by atoms with Gasteiger partial charge in [0.1, 0.15) is 11.4 Å². The maximum atomic E-state index is 5.94. The second kappa shape index (κ2) is 5.50. The molecule has 0 saturated carbocycles. The third-order valence-corrected chi connectivity index (χ3v) is 4.10. The summed E-state index contributed by atoms with van der Waals surface area (Å²) in [7, 11) is 0. The van der Waals surface area contributed by atoms with E-state index in [1.165, 1.54) is 0 Å². The Morgan fingerprint density at radius 1 is 1.14 bits per heavy atom. The molecule has 0 aliphatic rings. The van der Waals surface area contributed by atoms with Crippen molar-refractivity contribution in [3.8, 4) is 11.6 Å². The molecule has 1 aromatic heterocycles. The molecule has 3 rings (SSSR count). The molecule has 0 aliphatic heterocycles. The number of nitrogens with zero attached hydrogens (tertiary/aromatic N) is 2. The van der Waals surface area contributed by atoms with Gasteiger partial charge in [-0.15, -0.1) is 0 Å². The number of hydrogen-bond acceptors (Lipinski definition) is 4. The van der Waals surface area contributed by atoms with Crippen LogP contribution in [0.5, 0.6) is 11.6 Å². The van der Waals surface area contributed by atoms with Gasteiger partial charge >= 0.3 is 0 Å². The van der Waals surface area contributed by atoms with Crippen LogP contribution in [0.15, 0.2) is 40.9 Å². The monoisotopic (exact) mass is 363 g/mol. The Bertz CT molecular complexity index is 839. The van der Waals surface area contributed by atoms with E-state index in [2.05, 4.69) is 25.9 Å². The Labute approximate surface area is 135 Å². The molecule has 0 aliphatic carbocycles. The molecule has 0 fully saturated rings. The number of rotatable bonds is 2. The Morgan fingerprint density at radius 3 is 2.71 bits per heavy atom. The van der Waals surface area contributed by atoms with E-state index < -0.39 is 0 Å². The van der Waals surface area contributed by atoms with E-state index in [0.717, 1.165) is 15.2 Å². The number of anilines is 1. The van der Waals surface area contributed by atoms with Gasteiger partial charge in [0.2, 0.25) is 11.2 Å². The molecular weight excluding hydrogens is 354 g/mol. The van der Waals surface area contributed by atoms with Crippen LogP contribution in [0.2, 0.25) is 5.28 Å². The van der Waals surface area contributed by atoms with E-state index in [4.69, 9.17) is 22.1 Å². The van der Waals surface area contributed by atoms with Crippen molar-refractivity contribution in [1.29, 1.82) is 0 Å². The fourth-order valence-electron chi connectivity index (χ4n) is 2.00. The Balaban J connectivity index is 2.08. The molecule has 0 unspecified atom stereocenters. The van der Waals surface area contributed by atoms with Crippen molar-refractivity contribution >= 4 is 44.0 Å². The van der Waals surface area contributed by atoms with Crippen molar-refractivity contribution in [2.24, 2.45) is 0 Å². The van der Waals surface area contributed by atoms with Gasteiger partial charge < -0.3 is 10.5 Å². The summed E-state index contributed by atoms with van der Waals surface area (Å²) in [5.74, 6) is 0.873. The molecule has 0 atom stereocenters. The lowest BCUT2D eigenvalue weighted by Crippen LogP contribution is -2.01. The van der Waals surface area contributed by atoms with Crippen LogP contribution >= 0.6 is 27.5 Å². The van der Waals surface area contributed by atoms with Gasteiger partial charge in [-0.1, -0.05) is 30.3 Å². The van der Waals surface area contributed by atoms with Crippen LogP contribution in [0.1, 0.15) is 5.69 Å². The first-order valence-electron chi connectivity index (χ1n) is 6.21. The quantitative estimate of drug-likeness (QED) is 0.668. The average Bonchev–Trinajstić information content (AvgIpc) is 2.47. The normalized spacial score (nSPS) is 10.8. The maximum Gasteiger partial charge on any atom is 0.247 e. The third kappa shape index (κ3) is 2.66. The van der Waals surface area contributed by atoms with E-state index in [-0.39, 0.29) is 11.2 Å². The predicted octanol–water partition coefficient (Wildman–Crippen LogP) is 4.73. The first-order chi connectivity index (χ1) is 10.1. The molecule has 106 valence electrons. The second-order valence-corrected chi connectivity index (χ2v) is 5.63. The fourth-order valence-corrected chi connectivity index (χ4v) is 2.77. The maximum absolute atomic E-state index is 5.94. The molecule has 2 N–H and O–H groups in total. The van der Waals surface area contributed by atoms with Crippen LogP contribution in [0, 0.1) is 6.92 Å². The van der Waals surface area contributed by atoms with Gasteiger partial charge in [0.15, 0.2) is 0 Å². The highest BCUT2D eigenvalue weighted by Gasteiger charge is 2.13. The molecule has 2 aromatic carbocycles. The van der Waals surface area contributed by atoms with Crippen LogP contribution in [-0.4, -0.2) is 9.97 Å². The summed E-state index contributed by atoms with van der Waals surface area (Å²) < 4.78 is 6.64. The number of nitrogen functional groups attached to an aromatic ring is 1. The molecule has 4 nitrogen and oxygen atoms in total. The van der Waals surface area contributed by atoms with E-state index in [9.17, 15) is 0 Å². The molecule has 0 radical (unpaired) electrons. The number of aromatic nitrogens is 2. The predicted molar refractivity (Wildman–Crippen MR) is 87.9 cm³/mol. The number of hydrogen-bond donors (Lipinski definition) is 1. The standard InChI is InChI=1S/C15H11BrClN3O/c1-8-13(18)14(20-15(17)19-8)21-11-7-6-9-4-2-3-5-10(9)12(11)16/h2-7H,18H2,1H3. The first kappa shape index (κ1) is 14.1. The van der Waals surface area contributed by atoms with E-state index >= 15 is 0 Å². The van der Waals surface area contributed by atoms with Gasteiger partial charge in [-0.25, -0.2) is 4.98 Å². The Morgan fingerprint density at radius 2 is 1.90 bits per heavy atom. The lowest BCUT2D eigenvalue weighted by atomic mass is 10.1. The summed E-state index contributed by atoms with van der Waals surface area (Å²) in [5.41, 5.74) is 6.90. The van der Waals surface area contributed by atoms with Crippen LogP contribution in [0.3, 0.4) is 0 Å². The minimum atomic E-state index is 0.105. The third-order valence-electron chi connectivity index (χ3n) is 3.11. The van der Waals surface area contributed by atoms with Gasteiger partial charge in [-0.3, -0.25) is 0 Å². The SMILES string of the molecule is Cc1nc(Cl)nc(Oc2ccc3ccccc3c2Br)c1N. The Hall–Kier alpha value is -1.85. The van der Waals surface area contributed by atoms with Crippen molar-refractivity contribution in [3.05, 3.63) is 51.8 Å². The second-order valence-electron chi connectivity index (χ2n) is 4.50. The lowest BCUT2D eigenvalue weighted by molar-refractivity contribution is 0.462. The van der Waals surface area contributed by atoms with E-state index in [0.29, 0.717) is 17.1 Å². The fraction of sp³-hybridized carbons (Fsp3) is 0.0667. The molecular formula is C15H11BrClN3O. The smallest absolute Gasteiger partial charge is 0.247 e. The summed E-state index contributed by atoms with van der Waals surface area (Å²) in [6, 6.07) is 11.8.